The number of phenolic OH excluding ortho intramolecular Hbond substituents is 1. The molecule has 134 valence electrons. The number of ether oxygens (including phenoxy) is 1. The highest BCUT2D eigenvalue weighted by Gasteiger charge is 2.34. The first kappa shape index (κ1) is 16.7. The van der Waals surface area contributed by atoms with Crippen LogP contribution in [-0.4, -0.2) is 29.2 Å². The average molecular weight is 350 g/mol. The number of aromatic amines is 1. The molecule has 0 saturated carbocycles. The molecule has 26 heavy (non-hydrogen) atoms. The molecule has 5 heteroatoms. The summed E-state index contributed by atoms with van der Waals surface area (Å²) in [6.07, 6.45) is 0.582. The maximum atomic E-state index is 12.3. The molecule has 3 N–H and O–H groups in total. The first-order valence-corrected chi connectivity index (χ1v) is 8.73. The van der Waals surface area contributed by atoms with Crippen LogP contribution in [0.1, 0.15) is 34.0 Å². The van der Waals surface area contributed by atoms with Crippen molar-refractivity contribution in [2.24, 2.45) is 0 Å². The molecule has 0 aliphatic carbocycles. The van der Waals surface area contributed by atoms with Gasteiger partial charge in [-0.2, -0.15) is 0 Å². The number of para-hydroxylation sites is 1. The molecule has 1 aromatic heterocycles. The van der Waals surface area contributed by atoms with Crippen LogP contribution in [0, 0.1) is 13.8 Å². The molecular weight excluding hydrogens is 328 g/mol. The lowest BCUT2D eigenvalue weighted by atomic mass is 9.89. The maximum Gasteiger partial charge on any atom is 0.323 e. The van der Waals surface area contributed by atoms with Crippen LogP contribution in [0.4, 0.5) is 0 Å². The van der Waals surface area contributed by atoms with Crippen LogP contribution in [0.25, 0.3) is 10.9 Å². The van der Waals surface area contributed by atoms with Crippen molar-refractivity contribution >= 4 is 16.9 Å². The SMILES string of the molecule is COC(=O)C1Cc2c([nH]c3ccccc23)C(c2cc(C)c(O)c(C)c2)N1. The summed E-state index contributed by atoms with van der Waals surface area (Å²) < 4.78 is 4.99. The number of hydrogen-bond acceptors (Lipinski definition) is 4. The third kappa shape index (κ3) is 2.56. The number of aromatic nitrogens is 1. The van der Waals surface area contributed by atoms with Gasteiger partial charge in [0.25, 0.3) is 0 Å². The minimum Gasteiger partial charge on any atom is -0.507 e. The molecule has 2 unspecified atom stereocenters. The van der Waals surface area contributed by atoms with Crippen molar-refractivity contribution in [1.29, 1.82) is 0 Å². The number of rotatable bonds is 2. The molecule has 0 fully saturated rings. The molecule has 0 amide bonds. The normalized spacial score (nSPS) is 19.3. The highest BCUT2D eigenvalue weighted by Crippen LogP contribution is 2.37. The highest BCUT2D eigenvalue weighted by molar-refractivity contribution is 5.87. The molecule has 3 aromatic rings. The fraction of sp³-hybridized carbons (Fsp3) is 0.286. The van der Waals surface area contributed by atoms with E-state index in [1.165, 1.54) is 7.11 Å². The molecule has 5 nitrogen and oxygen atoms in total. The van der Waals surface area contributed by atoms with E-state index in [1.54, 1.807) is 0 Å². The average Bonchev–Trinajstić information content (AvgIpc) is 3.03. The maximum absolute atomic E-state index is 12.3. The van der Waals surface area contributed by atoms with E-state index < -0.39 is 6.04 Å². The fourth-order valence-electron chi connectivity index (χ4n) is 3.95. The Morgan fingerprint density at radius 1 is 1.19 bits per heavy atom. The van der Waals surface area contributed by atoms with Gasteiger partial charge in [0.2, 0.25) is 0 Å². The lowest BCUT2D eigenvalue weighted by Gasteiger charge is -2.30. The van der Waals surface area contributed by atoms with Crippen LogP contribution in [0.15, 0.2) is 36.4 Å². The molecule has 0 spiro atoms. The monoisotopic (exact) mass is 350 g/mol. The molecule has 0 bridgehead atoms. The Morgan fingerprint density at radius 3 is 2.58 bits per heavy atom. The van der Waals surface area contributed by atoms with Crippen molar-refractivity contribution in [3.63, 3.8) is 0 Å². The van der Waals surface area contributed by atoms with Crippen LogP contribution in [0.2, 0.25) is 0 Å². The van der Waals surface area contributed by atoms with Crippen LogP contribution in [-0.2, 0) is 16.0 Å². The minimum atomic E-state index is -0.411. The molecule has 2 heterocycles. The number of esters is 1. The predicted octanol–water partition coefficient (Wildman–Crippen LogP) is 3.27. The van der Waals surface area contributed by atoms with Crippen LogP contribution >= 0.6 is 0 Å². The van der Waals surface area contributed by atoms with Gasteiger partial charge in [0.05, 0.1) is 13.2 Å². The summed E-state index contributed by atoms with van der Waals surface area (Å²) in [4.78, 5) is 15.8. The number of fused-ring (bicyclic) bond motifs is 3. The Hall–Kier alpha value is -2.79. The molecule has 1 aliphatic rings. The summed E-state index contributed by atoms with van der Waals surface area (Å²) in [6.45, 7) is 3.77. The Kier molecular flexibility index (Phi) is 3.96. The van der Waals surface area contributed by atoms with Crippen molar-refractivity contribution in [3.8, 4) is 5.75 Å². The smallest absolute Gasteiger partial charge is 0.323 e. The first-order valence-electron chi connectivity index (χ1n) is 8.73. The Bertz CT molecular complexity index is 983. The van der Waals surface area contributed by atoms with Crippen LogP contribution in [0.5, 0.6) is 5.75 Å². The second-order valence-electron chi connectivity index (χ2n) is 6.95. The zero-order valence-corrected chi connectivity index (χ0v) is 15.1. The fourth-order valence-corrected chi connectivity index (χ4v) is 3.95. The van der Waals surface area contributed by atoms with E-state index in [9.17, 15) is 9.90 Å². The van der Waals surface area contributed by atoms with Gasteiger partial charge in [-0.3, -0.25) is 10.1 Å². The number of carbonyl (C=O) groups excluding carboxylic acids is 1. The van der Waals surface area contributed by atoms with Crippen molar-refractivity contribution < 1.29 is 14.6 Å². The number of nitrogens with one attached hydrogen (secondary N) is 2. The summed E-state index contributed by atoms with van der Waals surface area (Å²) in [5.41, 5.74) is 5.92. The third-order valence-electron chi connectivity index (χ3n) is 5.24. The van der Waals surface area contributed by atoms with Gasteiger partial charge in [-0.05, 0) is 42.2 Å². The number of H-pyrrole nitrogens is 1. The minimum absolute atomic E-state index is 0.173. The number of aryl methyl sites for hydroxylation is 2. The van der Waals surface area contributed by atoms with E-state index in [1.807, 2.05) is 44.2 Å². The molecular formula is C21H22N2O3. The second-order valence-corrected chi connectivity index (χ2v) is 6.95. The standard InChI is InChI=1S/C21H22N2O3/c1-11-8-13(9-12(2)20(11)24)18-19-15(10-17(23-18)21(25)26-3)14-6-4-5-7-16(14)22-19/h4-9,17-18,22-24H,10H2,1-3H3. The van der Waals surface area contributed by atoms with Gasteiger partial charge in [-0.25, -0.2) is 0 Å². The summed E-state index contributed by atoms with van der Waals surface area (Å²) in [5.74, 6) is 0.0455. The van der Waals surface area contributed by atoms with Gasteiger partial charge in [0.1, 0.15) is 11.8 Å². The van der Waals surface area contributed by atoms with Crippen molar-refractivity contribution in [2.75, 3.05) is 7.11 Å². The summed E-state index contributed by atoms with van der Waals surface area (Å²) in [7, 11) is 1.42. The van der Waals surface area contributed by atoms with E-state index in [0.29, 0.717) is 12.2 Å². The molecule has 0 saturated heterocycles. The molecule has 2 aromatic carbocycles. The molecule has 4 rings (SSSR count). The number of carbonyl (C=O) groups is 1. The number of methoxy groups -OCH3 is 1. The summed E-state index contributed by atoms with van der Waals surface area (Å²) in [5, 5.41) is 14.7. The van der Waals surface area contributed by atoms with Gasteiger partial charge in [0.15, 0.2) is 0 Å². The largest absolute Gasteiger partial charge is 0.507 e. The Morgan fingerprint density at radius 2 is 1.88 bits per heavy atom. The zero-order chi connectivity index (χ0) is 18.4. The summed E-state index contributed by atoms with van der Waals surface area (Å²) in [6, 6.07) is 11.5. The number of phenols is 1. The second kappa shape index (κ2) is 6.18. The third-order valence-corrected chi connectivity index (χ3v) is 5.24. The zero-order valence-electron chi connectivity index (χ0n) is 15.1. The number of hydrogen-bond donors (Lipinski definition) is 3. The molecule has 1 aliphatic heterocycles. The van der Waals surface area contributed by atoms with Crippen molar-refractivity contribution in [2.45, 2.75) is 32.4 Å². The van der Waals surface area contributed by atoms with Gasteiger partial charge in [-0.15, -0.1) is 0 Å². The van der Waals surface area contributed by atoms with Crippen molar-refractivity contribution in [3.05, 3.63) is 64.3 Å². The van der Waals surface area contributed by atoms with E-state index in [0.717, 1.165) is 38.9 Å². The Labute approximate surface area is 152 Å². The first-order chi connectivity index (χ1) is 12.5. The van der Waals surface area contributed by atoms with E-state index in [-0.39, 0.29) is 12.0 Å². The predicted molar refractivity (Wildman–Crippen MR) is 100 cm³/mol. The lowest BCUT2D eigenvalue weighted by molar-refractivity contribution is -0.143. The van der Waals surface area contributed by atoms with E-state index in [2.05, 4.69) is 16.4 Å². The topological polar surface area (TPSA) is 74.4 Å². The number of aromatic hydroxyl groups is 1. The van der Waals surface area contributed by atoms with Crippen LogP contribution in [0.3, 0.4) is 0 Å². The van der Waals surface area contributed by atoms with Gasteiger partial charge in [0, 0.05) is 23.0 Å². The van der Waals surface area contributed by atoms with Gasteiger partial charge < -0.3 is 14.8 Å². The highest BCUT2D eigenvalue weighted by atomic mass is 16.5. The van der Waals surface area contributed by atoms with Gasteiger partial charge >= 0.3 is 5.97 Å². The van der Waals surface area contributed by atoms with E-state index >= 15 is 0 Å². The number of benzene rings is 2. The quantitative estimate of drug-likeness (QED) is 0.620. The summed E-state index contributed by atoms with van der Waals surface area (Å²) >= 11 is 0. The Balaban J connectivity index is 1.90. The lowest BCUT2D eigenvalue weighted by Crippen LogP contribution is -2.45. The van der Waals surface area contributed by atoms with Crippen molar-refractivity contribution in [1.82, 2.24) is 10.3 Å². The molecule has 0 radical (unpaired) electrons. The van der Waals surface area contributed by atoms with E-state index in [4.69, 9.17) is 4.74 Å². The molecule has 2 atom stereocenters. The van der Waals surface area contributed by atoms with Gasteiger partial charge in [-0.1, -0.05) is 30.3 Å². The van der Waals surface area contributed by atoms with Crippen LogP contribution < -0.4 is 5.32 Å².